The molecule has 0 amide bonds. The van der Waals surface area contributed by atoms with Gasteiger partial charge < -0.3 is 0 Å². The van der Waals surface area contributed by atoms with Gasteiger partial charge in [-0.1, -0.05) is 60.5 Å². The van der Waals surface area contributed by atoms with Gasteiger partial charge in [-0.25, -0.2) is 0 Å². The van der Waals surface area contributed by atoms with Crippen LogP contribution in [-0.2, 0) is 6.42 Å². The first kappa shape index (κ1) is 13.8. The zero-order chi connectivity index (χ0) is 12.3. The minimum atomic E-state index is 0.577. The van der Waals surface area contributed by atoms with Gasteiger partial charge in [-0.2, -0.15) is 0 Å². The van der Waals surface area contributed by atoms with E-state index in [0.717, 1.165) is 12.3 Å². The SMILES string of the molecule is Cc1ccc(C)c(CC(Br)C(C)C(C)C)c1. The normalized spacial score (nSPS) is 15.2. The van der Waals surface area contributed by atoms with Crippen molar-refractivity contribution in [3.05, 3.63) is 34.9 Å². The van der Waals surface area contributed by atoms with Crippen LogP contribution in [0.3, 0.4) is 0 Å². The van der Waals surface area contributed by atoms with Crippen molar-refractivity contribution in [1.29, 1.82) is 0 Å². The zero-order valence-corrected chi connectivity index (χ0v) is 12.6. The van der Waals surface area contributed by atoms with Crippen LogP contribution in [0, 0.1) is 25.7 Å². The predicted octanol–water partition coefficient (Wildman–Crippen LogP) is 4.90. The molecular weight excluding hydrogens is 260 g/mol. The molecule has 2 atom stereocenters. The standard InChI is InChI=1S/C15H23Br/c1-10(2)13(5)15(16)9-14-8-11(3)6-7-12(14)4/h6-8,10,13,15H,9H2,1-5H3. The van der Waals surface area contributed by atoms with Gasteiger partial charge in [-0.15, -0.1) is 0 Å². The molecule has 0 fully saturated rings. The third kappa shape index (κ3) is 3.62. The van der Waals surface area contributed by atoms with Gasteiger partial charge in [-0.3, -0.25) is 0 Å². The largest absolute Gasteiger partial charge is 0.0884 e. The maximum atomic E-state index is 3.84. The molecule has 0 aliphatic carbocycles. The van der Waals surface area contributed by atoms with E-state index >= 15 is 0 Å². The third-order valence-corrected chi connectivity index (χ3v) is 4.70. The van der Waals surface area contributed by atoms with E-state index in [1.807, 2.05) is 0 Å². The smallest absolute Gasteiger partial charge is 0.0214 e. The number of aryl methyl sites for hydroxylation is 2. The lowest BCUT2D eigenvalue weighted by molar-refractivity contribution is 0.407. The summed E-state index contributed by atoms with van der Waals surface area (Å²) in [5.74, 6) is 1.44. The molecule has 1 heteroatoms. The Morgan fingerprint density at radius 3 is 2.31 bits per heavy atom. The molecule has 0 spiro atoms. The Kier molecular flexibility index (Phi) is 5.04. The number of halogens is 1. The summed E-state index contributed by atoms with van der Waals surface area (Å²) in [4.78, 5) is 0.577. The molecule has 0 radical (unpaired) electrons. The maximum Gasteiger partial charge on any atom is 0.0214 e. The first-order chi connectivity index (χ1) is 7.41. The van der Waals surface area contributed by atoms with Crippen LogP contribution >= 0.6 is 15.9 Å². The van der Waals surface area contributed by atoms with E-state index in [1.165, 1.54) is 16.7 Å². The molecule has 0 saturated carbocycles. The van der Waals surface area contributed by atoms with Crippen LogP contribution in [0.2, 0.25) is 0 Å². The van der Waals surface area contributed by atoms with Crippen molar-refractivity contribution in [3.63, 3.8) is 0 Å². The Balaban J connectivity index is 2.76. The highest BCUT2D eigenvalue weighted by Crippen LogP contribution is 2.25. The van der Waals surface area contributed by atoms with E-state index in [2.05, 4.69) is 68.7 Å². The molecule has 0 aromatic heterocycles. The van der Waals surface area contributed by atoms with E-state index in [-0.39, 0.29) is 0 Å². The van der Waals surface area contributed by atoms with Crippen molar-refractivity contribution < 1.29 is 0 Å². The zero-order valence-electron chi connectivity index (χ0n) is 11.0. The Hall–Kier alpha value is -0.300. The molecule has 2 unspecified atom stereocenters. The number of benzene rings is 1. The second-order valence-electron chi connectivity index (χ2n) is 5.25. The fourth-order valence-corrected chi connectivity index (χ4v) is 2.79. The third-order valence-electron chi connectivity index (χ3n) is 3.54. The van der Waals surface area contributed by atoms with Crippen molar-refractivity contribution >= 4 is 15.9 Å². The van der Waals surface area contributed by atoms with Crippen LogP contribution in [-0.4, -0.2) is 4.83 Å². The van der Waals surface area contributed by atoms with E-state index in [0.29, 0.717) is 10.7 Å². The Labute approximate surface area is 109 Å². The highest BCUT2D eigenvalue weighted by atomic mass is 79.9. The van der Waals surface area contributed by atoms with E-state index in [4.69, 9.17) is 0 Å². The van der Waals surface area contributed by atoms with E-state index in [1.54, 1.807) is 0 Å². The molecule has 0 heterocycles. The molecule has 1 aromatic carbocycles. The lowest BCUT2D eigenvalue weighted by Gasteiger charge is -2.22. The Bertz CT molecular complexity index is 341. The molecule has 1 aromatic rings. The molecule has 0 saturated heterocycles. The monoisotopic (exact) mass is 282 g/mol. The van der Waals surface area contributed by atoms with Crippen molar-refractivity contribution in [2.24, 2.45) is 11.8 Å². The fraction of sp³-hybridized carbons (Fsp3) is 0.600. The number of rotatable bonds is 4. The average molecular weight is 283 g/mol. The molecular formula is C15H23Br. The van der Waals surface area contributed by atoms with Crippen LogP contribution in [0.5, 0.6) is 0 Å². The second-order valence-corrected chi connectivity index (χ2v) is 6.43. The molecule has 0 nitrogen and oxygen atoms in total. The number of alkyl halides is 1. The Morgan fingerprint density at radius 1 is 1.12 bits per heavy atom. The van der Waals surface area contributed by atoms with Gasteiger partial charge in [0.1, 0.15) is 0 Å². The molecule has 16 heavy (non-hydrogen) atoms. The van der Waals surface area contributed by atoms with Gasteiger partial charge in [0.05, 0.1) is 0 Å². The number of hydrogen-bond donors (Lipinski definition) is 0. The molecule has 1 rings (SSSR count). The molecule has 0 aliphatic heterocycles. The Morgan fingerprint density at radius 2 is 1.75 bits per heavy atom. The lowest BCUT2D eigenvalue weighted by Crippen LogP contribution is -2.19. The van der Waals surface area contributed by atoms with Gasteiger partial charge >= 0.3 is 0 Å². The van der Waals surface area contributed by atoms with Crippen LogP contribution < -0.4 is 0 Å². The van der Waals surface area contributed by atoms with Gasteiger partial charge in [0.25, 0.3) is 0 Å². The molecule has 0 bridgehead atoms. The fourth-order valence-electron chi connectivity index (χ4n) is 1.83. The summed E-state index contributed by atoms with van der Waals surface area (Å²) in [5.41, 5.74) is 4.25. The topological polar surface area (TPSA) is 0 Å². The average Bonchev–Trinajstić information content (AvgIpc) is 2.22. The van der Waals surface area contributed by atoms with Gasteiger partial charge in [-0.05, 0) is 43.2 Å². The minimum Gasteiger partial charge on any atom is -0.0884 e. The predicted molar refractivity (Wildman–Crippen MR) is 76.3 cm³/mol. The second kappa shape index (κ2) is 5.86. The molecule has 90 valence electrons. The van der Waals surface area contributed by atoms with Gasteiger partial charge in [0, 0.05) is 4.83 Å². The quantitative estimate of drug-likeness (QED) is 0.689. The van der Waals surface area contributed by atoms with Crippen molar-refractivity contribution in [2.45, 2.75) is 45.9 Å². The summed E-state index contributed by atoms with van der Waals surface area (Å²) < 4.78 is 0. The van der Waals surface area contributed by atoms with Crippen LogP contribution in [0.1, 0.15) is 37.5 Å². The maximum absolute atomic E-state index is 3.84. The highest BCUT2D eigenvalue weighted by Gasteiger charge is 2.18. The van der Waals surface area contributed by atoms with Gasteiger partial charge in [0.2, 0.25) is 0 Å². The number of hydrogen-bond acceptors (Lipinski definition) is 0. The van der Waals surface area contributed by atoms with E-state index < -0.39 is 0 Å². The summed E-state index contributed by atoms with van der Waals surface area (Å²) in [6.07, 6.45) is 1.13. The summed E-state index contributed by atoms with van der Waals surface area (Å²) >= 11 is 3.84. The first-order valence-corrected chi connectivity index (χ1v) is 7.03. The van der Waals surface area contributed by atoms with E-state index in [9.17, 15) is 0 Å². The van der Waals surface area contributed by atoms with Crippen LogP contribution in [0.25, 0.3) is 0 Å². The first-order valence-electron chi connectivity index (χ1n) is 6.12. The van der Waals surface area contributed by atoms with Crippen molar-refractivity contribution in [1.82, 2.24) is 0 Å². The lowest BCUT2D eigenvalue weighted by atomic mass is 9.90. The van der Waals surface area contributed by atoms with Crippen molar-refractivity contribution in [3.8, 4) is 0 Å². The summed E-state index contributed by atoms with van der Waals surface area (Å²) in [6.45, 7) is 11.3. The van der Waals surface area contributed by atoms with Crippen molar-refractivity contribution in [2.75, 3.05) is 0 Å². The minimum absolute atomic E-state index is 0.577. The molecule has 0 aliphatic rings. The van der Waals surface area contributed by atoms with Gasteiger partial charge in [0.15, 0.2) is 0 Å². The van der Waals surface area contributed by atoms with Crippen LogP contribution in [0.4, 0.5) is 0 Å². The summed E-state index contributed by atoms with van der Waals surface area (Å²) in [6, 6.07) is 6.73. The summed E-state index contributed by atoms with van der Waals surface area (Å²) in [5, 5.41) is 0. The summed E-state index contributed by atoms with van der Waals surface area (Å²) in [7, 11) is 0. The van der Waals surface area contributed by atoms with Crippen LogP contribution in [0.15, 0.2) is 18.2 Å². The molecule has 0 N–H and O–H groups in total. The highest BCUT2D eigenvalue weighted by molar-refractivity contribution is 9.09.